The normalized spacial score (nSPS) is 10.2. The summed E-state index contributed by atoms with van der Waals surface area (Å²) < 4.78 is 0. The summed E-state index contributed by atoms with van der Waals surface area (Å²) in [6, 6.07) is 5.64. The van der Waals surface area contributed by atoms with Gasteiger partial charge in [0.15, 0.2) is 0 Å². The number of carboxylic acid groups (broad SMARTS) is 1. The Bertz CT molecular complexity index is 736. The minimum Gasteiger partial charge on any atom is -0.478 e. The molecule has 0 amide bonds. The molecule has 1 aromatic carbocycles. The zero-order valence-corrected chi connectivity index (χ0v) is 11.7. The fraction of sp³-hybridized carbons (Fsp3) is 0. The first-order chi connectivity index (χ1) is 9.90. The van der Waals surface area contributed by atoms with E-state index in [0.717, 1.165) is 12.3 Å². The van der Waals surface area contributed by atoms with Crippen LogP contribution in [-0.2, 0) is 0 Å². The van der Waals surface area contributed by atoms with E-state index >= 15 is 0 Å². The molecule has 2 N–H and O–H groups in total. The highest BCUT2D eigenvalue weighted by Gasteiger charge is 2.20. The van der Waals surface area contributed by atoms with Gasteiger partial charge in [-0.25, -0.2) is 9.78 Å². The smallest absolute Gasteiger partial charge is 0.337 e. The monoisotopic (exact) mass is 327 g/mol. The number of aromatic nitrogens is 1. The molecule has 1 aromatic heterocycles. The number of aromatic carboxylic acids is 1. The van der Waals surface area contributed by atoms with Gasteiger partial charge in [0, 0.05) is 12.3 Å². The highest BCUT2D eigenvalue weighted by molar-refractivity contribution is 6.43. The second kappa shape index (κ2) is 5.94. The number of hydrogen-bond acceptors (Lipinski definition) is 5. The molecule has 0 aliphatic rings. The third-order valence-corrected chi connectivity index (χ3v) is 3.33. The minimum absolute atomic E-state index is 0.130. The Morgan fingerprint density at radius 1 is 1.38 bits per heavy atom. The van der Waals surface area contributed by atoms with E-state index in [4.69, 9.17) is 28.3 Å². The molecule has 0 spiro atoms. The van der Waals surface area contributed by atoms with Crippen LogP contribution in [0.4, 0.5) is 17.2 Å². The number of anilines is 2. The minimum atomic E-state index is -1.31. The fourth-order valence-corrected chi connectivity index (χ4v) is 1.88. The van der Waals surface area contributed by atoms with E-state index in [1.807, 2.05) is 0 Å². The van der Waals surface area contributed by atoms with E-state index in [1.165, 1.54) is 0 Å². The van der Waals surface area contributed by atoms with E-state index in [-0.39, 0.29) is 21.4 Å². The average molecular weight is 328 g/mol. The average Bonchev–Trinajstić information content (AvgIpc) is 2.43. The molecule has 0 atom stereocenters. The Kier molecular flexibility index (Phi) is 4.25. The maximum Gasteiger partial charge on any atom is 0.337 e. The summed E-state index contributed by atoms with van der Waals surface area (Å²) in [7, 11) is 0. The maximum atomic E-state index is 11.0. The van der Waals surface area contributed by atoms with Gasteiger partial charge in [-0.3, -0.25) is 10.1 Å². The van der Waals surface area contributed by atoms with Gasteiger partial charge in [0.1, 0.15) is 0 Å². The predicted molar refractivity (Wildman–Crippen MR) is 77.6 cm³/mol. The van der Waals surface area contributed by atoms with E-state index < -0.39 is 16.6 Å². The summed E-state index contributed by atoms with van der Waals surface area (Å²) in [6.45, 7) is 0. The number of pyridine rings is 1. The molecule has 0 fully saturated rings. The summed E-state index contributed by atoms with van der Waals surface area (Å²) in [5.74, 6) is -1.44. The van der Waals surface area contributed by atoms with Crippen LogP contribution in [0.25, 0.3) is 0 Å². The molecule has 0 saturated carbocycles. The van der Waals surface area contributed by atoms with Crippen molar-refractivity contribution >= 4 is 46.4 Å². The highest BCUT2D eigenvalue weighted by Crippen LogP contribution is 2.33. The molecule has 2 rings (SSSR count). The second-order valence-corrected chi connectivity index (χ2v) is 4.67. The van der Waals surface area contributed by atoms with Crippen LogP contribution in [0.2, 0.25) is 10.0 Å². The van der Waals surface area contributed by atoms with Crippen LogP contribution in [0.1, 0.15) is 10.4 Å². The van der Waals surface area contributed by atoms with Gasteiger partial charge in [0.2, 0.25) is 5.82 Å². The molecular formula is C12H7Cl2N3O4. The zero-order valence-electron chi connectivity index (χ0n) is 10.2. The summed E-state index contributed by atoms with van der Waals surface area (Å²) in [4.78, 5) is 24.9. The maximum absolute atomic E-state index is 11.0. The first-order valence-corrected chi connectivity index (χ1v) is 6.24. The van der Waals surface area contributed by atoms with Crippen molar-refractivity contribution in [3.63, 3.8) is 0 Å². The van der Waals surface area contributed by atoms with Gasteiger partial charge in [0.25, 0.3) is 0 Å². The molecule has 9 heteroatoms. The van der Waals surface area contributed by atoms with Crippen molar-refractivity contribution in [2.24, 2.45) is 0 Å². The second-order valence-electron chi connectivity index (χ2n) is 3.88. The largest absolute Gasteiger partial charge is 0.478 e. The van der Waals surface area contributed by atoms with Gasteiger partial charge in [-0.05, 0) is 12.1 Å². The van der Waals surface area contributed by atoms with Gasteiger partial charge in [-0.2, -0.15) is 0 Å². The van der Waals surface area contributed by atoms with Crippen LogP contribution < -0.4 is 5.32 Å². The molecule has 1 heterocycles. The zero-order chi connectivity index (χ0) is 15.6. The first kappa shape index (κ1) is 15.0. The van der Waals surface area contributed by atoms with E-state index in [0.29, 0.717) is 5.69 Å². The Morgan fingerprint density at radius 2 is 2.10 bits per heavy atom. The number of benzene rings is 1. The number of nitrogens with one attached hydrogen (secondary N) is 1. The van der Waals surface area contributed by atoms with E-state index in [1.54, 1.807) is 18.2 Å². The summed E-state index contributed by atoms with van der Waals surface area (Å²) in [6.07, 6.45) is 1.01. The summed E-state index contributed by atoms with van der Waals surface area (Å²) >= 11 is 11.8. The lowest BCUT2D eigenvalue weighted by atomic mass is 10.2. The lowest BCUT2D eigenvalue weighted by Crippen LogP contribution is -2.04. The molecule has 2 aromatic rings. The summed E-state index contributed by atoms with van der Waals surface area (Å²) in [5.41, 5.74) is -0.446. The molecule has 7 nitrogen and oxygen atoms in total. The third kappa shape index (κ3) is 3.21. The third-order valence-electron chi connectivity index (χ3n) is 2.52. The topological polar surface area (TPSA) is 105 Å². The number of carboxylic acids is 1. The van der Waals surface area contributed by atoms with Crippen LogP contribution >= 0.6 is 23.2 Å². The van der Waals surface area contributed by atoms with Crippen molar-refractivity contribution in [1.29, 1.82) is 0 Å². The van der Waals surface area contributed by atoms with Crippen LogP contribution in [0.3, 0.4) is 0 Å². The standard InChI is InChI=1S/C12H7Cl2N3O4/c13-7-2-1-3-8(10(7)14)16-11-9(17(20)21)4-6(5-15-11)12(18)19/h1-5H,(H,15,16)(H,18,19). The van der Waals surface area contributed by atoms with Crippen molar-refractivity contribution in [3.05, 3.63) is 56.2 Å². The van der Waals surface area contributed by atoms with Gasteiger partial charge in [-0.15, -0.1) is 0 Å². The number of nitrogens with zero attached hydrogens (tertiary/aromatic N) is 2. The Morgan fingerprint density at radius 3 is 2.71 bits per heavy atom. The Balaban J connectivity index is 2.46. The quantitative estimate of drug-likeness (QED) is 0.654. The van der Waals surface area contributed by atoms with Gasteiger partial charge in [-0.1, -0.05) is 29.3 Å². The highest BCUT2D eigenvalue weighted by atomic mass is 35.5. The molecule has 0 aliphatic carbocycles. The van der Waals surface area contributed by atoms with Crippen LogP contribution in [0.5, 0.6) is 0 Å². The van der Waals surface area contributed by atoms with Gasteiger partial charge < -0.3 is 10.4 Å². The van der Waals surface area contributed by atoms with Gasteiger partial charge >= 0.3 is 11.7 Å². The number of hydrogen-bond donors (Lipinski definition) is 2. The predicted octanol–water partition coefficient (Wildman–Crippen LogP) is 3.74. The SMILES string of the molecule is O=C(O)c1cnc(Nc2cccc(Cl)c2Cl)c([N+](=O)[O-])c1. The molecule has 0 unspecified atom stereocenters. The van der Waals surface area contributed by atoms with Crippen LogP contribution in [-0.4, -0.2) is 21.0 Å². The molecular weight excluding hydrogens is 321 g/mol. The molecule has 0 saturated heterocycles. The lowest BCUT2D eigenvalue weighted by molar-refractivity contribution is -0.384. The molecule has 0 bridgehead atoms. The molecule has 21 heavy (non-hydrogen) atoms. The van der Waals surface area contributed by atoms with Crippen molar-refractivity contribution in [2.75, 3.05) is 5.32 Å². The molecule has 0 aliphatic heterocycles. The Labute approximate surface area is 128 Å². The van der Waals surface area contributed by atoms with Crippen molar-refractivity contribution in [3.8, 4) is 0 Å². The van der Waals surface area contributed by atoms with E-state index in [9.17, 15) is 14.9 Å². The number of carbonyl (C=O) groups is 1. The lowest BCUT2D eigenvalue weighted by Gasteiger charge is -2.09. The number of rotatable bonds is 4. The van der Waals surface area contributed by atoms with Crippen LogP contribution in [0, 0.1) is 10.1 Å². The van der Waals surface area contributed by atoms with Crippen LogP contribution in [0.15, 0.2) is 30.5 Å². The van der Waals surface area contributed by atoms with E-state index in [2.05, 4.69) is 10.3 Å². The number of halogens is 2. The van der Waals surface area contributed by atoms with Crippen molar-refractivity contribution < 1.29 is 14.8 Å². The fourth-order valence-electron chi connectivity index (χ4n) is 1.53. The Hall–Kier alpha value is -2.38. The van der Waals surface area contributed by atoms with Gasteiger partial charge in [0.05, 0.1) is 26.2 Å². The van der Waals surface area contributed by atoms with Crippen molar-refractivity contribution in [2.45, 2.75) is 0 Å². The van der Waals surface area contributed by atoms with Crippen molar-refractivity contribution in [1.82, 2.24) is 4.98 Å². The summed E-state index contributed by atoms with van der Waals surface area (Å²) in [5, 5.41) is 23.0. The number of nitro groups is 1. The first-order valence-electron chi connectivity index (χ1n) is 5.49. The molecule has 0 radical (unpaired) electrons. The molecule has 108 valence electrons.